The third-order valence-corrected chi connectivity index (χ3v) is 4.20. The molecule has 0 atom stereocenters. The van der Waals surface area contributed by atoms with E-state index in [2.05, 4.69) is 51.1 Å². The van der Waals surface area contributed by atoms with Crippen LogP contribution in [0.4, 0.5) is 5.69 Å². The van der Waals surface area contributed by atoms with Crippen LogP contribution in [0.3, 0.4) is 0 Å². The summed E-state index contributed by atoms with van der Waals surface area (Å²) < 4.78 is 2.09. The van der Waals surface area contributed by atoms with Crippen LogP contribution in [0.5, 0.6) is 0 Å². The lowest BCUT2D eigenvalue weighted by Crippen LogP contribution is -2.23. The van der Waals surface area contributed by atoms with Crippen LogP contribution < -0.4 is 5.73 Å². The molecule has 2 heterocycles. The number of anilines is 1. The summed E-state index contributed by atoms with van der Waals surface area (Å²) in [5.41, 5.74) is 9.07. The first-order valence-electron chi connectivity index (χ1n) is 7.22. The molecule has 0 saturated carbocycles. The zero-order valence-corrected chi connectivity index (χ0v) is 13.0. The predicted molar refractivity (Wildman–Crippen MR) is 88.3 cm³/mol. The van der Waals surface area contributed by atoms with Crippen LogP contribution in [0.25, 0.3) is 4.96 Å². The highest BCUT2D eigenvalue weighted by atomic mass is 32.1. The molecule has 0 amide bonds. The second kappa shape index (κ2) is 6.28. The van der Waals surface area contributed by atoms with Crippen molar-refractivity contribution in [2.75, 3.05) is 12.3 Å². The number of nitrogens with zero attached hydrogens (tertiary/aromatic N) is 3. The van der Waals surface area contributed by atoms with Gasteiger partial charge in [0.05, 0.1) is 5.69 Å². The van der Waals surface area contributed by atoms with Gasteiger partial charge in [0.25, 0.3) is 0 Å². The minimum absolute atomic E-state index is 0.825. The van der Waals surface area contributed by atoms with Crippen molar-refractivity contribution in [1.82, 2.24) is 14.3 Å². The molecule has 5 heteroatoms. The SMILES string of the molecule is CCCN(Cc1cccc(N)c1)Cc1cn2ccsc2n1. The lowest BCUT2D eigenvalue weighted by atomic mass is 10.2. The van der Waals surface area contributed by atoms with Gasteiger partial charge in [0.2, 0.25) is 0 Å². The van der Waals surface area contributed by atoms with Crippen molar-refractivity contribution in [2.45, 2.75) is 26.4 Å². The van der Waals surface area contributed by atoms with E-state index in [-0.39, 0.29) is 0 Å². The van der Waals surface area contributed by atoms with Crippen LogP contribution in [0.1, 0.15) is 24.6 Å². The average molecular weight is 300 g/mol. The number of nitrogens with two attached hydrogens (primary N) is 1. The topological polar surface area (TPSA) is 46.6 Å². The van der Waals surface area contributed by atoms with Crippen LogP contribution in [0.15, 0.2) is 42.0 Å². The van der Waals surface area contributed by atoms with Crippen molar-refractivity contribution in [3.05, 3.63) is 53.3 Å². The Morgan fingerprint density at radius 1 is 1.33 bits per heavy atom. The molecule has 3 aromatic rings. The normalized spacial score (nSPS) is 11.5. The van der Waals surface area contributed by atoms with Gasteiger partial charge in [-0.3, -0.25) is 9.30 Å². The number of thiazole rings is 1. The van der Waals surface area contributed by atoms with Gasteiger partial charge in [0, 0.05) is 36.6 Å². The van der Waals surface area contributed by atoms with E-state index in [9.17, 15) is 0 Å². The van der Waals surface area contributed by atoms with Crippen LogP contribution in [0.2, 0.25) is 0 Å². The molecular formula is C16H20N4S. The maximum Gasteiger partial charge on any atom is 0.193 e. The van der Waals surface area contributed by atoms with E-state index in [1.165, 1.54) is 5.56 Å². The number of aromatic nitrogens is 2. The first-order chi connectivity index (χ1) is 10.2. The van der Waals surface area contributed by atoms with Crippen molar-refractivity contribution in [1.29, 1.82) is 0 Å². The molecular weight excluding hydrogens is 280 g/mol. The highest BCUT2D eigenvalue weighted by Crippen LogP contribution is 2.15. The summed E-state index contributed by atoms with van der Waals surface area (Å²) in [6.07, 6.45) is 5.30. The molecule has 1 aromatic carbocycles. The van der Waals surface area contributed by atoms with E-state index < -0.39 is 0 Å². The molecule has 0 aliphatic heterocycles. The van der Waals surface area contributed by atoms with E-state index >= 15 is 0 Å². The minimum Gasteiger partial charge on any atom is -0.399 e. The Labute approximate surface area is 128 Å². The number of hydrogen-bond donors (Lipinski definition) is 1. The third kappa shape index (κ3) is 3.43. The smallest absolute Gasteiger partial charge is 0.193 e. The average Bonchev–Trinajstić information content (AvgIpc) is 3.00. The van der Waals surface area contributed by atoms with E-state index in [1.54, 1.807) is 11.3 Å². The maximum absolute atomic E-state index is 5.87. The monoisotopic (exact) mass is 300 g/mol. The minimum atomic E-state index is 0.825. The molecule has 0 fully saturated rings. The van der Waals surface area contributed by atoms with Gasteiger partial charge in [-0.15, -0.1) is 11.3 Å². The lowest BCUT2D eigenvalue weighted by Gasteiger charge is -2.20. The highest BCUT2D eigenvalue weighted by Gasteiger charge is 2.10. The molecule has 2 aromatic heterocycles. The summed E-state index contributed by atoms with van der Waals surface area (Å²) in [5.74, 6) is 0. The van der Waals surface area contributed by atoms with Crippen LogP contribution in [-0.4, -0.2) is 20.8 Å². The van der Waals surface area contributed by atoms with Crippen molar-refractivity contribution in [2.24, 2.45) is 0 Å². The fourth-order valence-corrected chi connectivity index (χ4v) is 3.28. The lowest BCUT2D eigenvalue weighted by molar-refractivity contribution is 0.255. The van der Waals surface area contributed by atoms with Crippen molar-refractivity contribution >= 4 is 22.0 Å². The van der Waals surface area contributed by atoms with E-state index in [1.807, 2.05) is 12.1 Å². The van der Waals surface area contributed by atoms with E-state index in [4.69, 9.17) is 5.73 Å². The van der Waals surface area contributed by atoms with Crippen LogP contribution >= 0.6 is 11.3 Å². The molecule has 0 bridgehead atoms. The zero-order chi connectivity index (χ0) is 14.7. The summed E-state index contributed by atoms with van der Waals surface area (Å²) in [7, 11) is 0. The van der Waals surface area contributed by atoms with Gasteiger partial charge in [-0.1, -0.05) is 19.1 Å². The summed E-state index contributed by atoms with van der Waals surface area (Å²) in [4.78, 5) is 8.15. The van der Waals surface area contributed by atoms with Gasteiger partial charge in [-0.2, -0.15) is 0 Å². The molecule has 0 radical (unpaired) electrons. The fourth-order valence-electron chi connectivity index (χ4n) is 2.56. The largest absolute Gasteiger partial charge is 0.399 e. The summed E-state index contributed by atoms with van der Waals surface area (Å²) in [6.45, 7) is 5.04. The van der Waals surface area contributed by atoms with Gasteiger partial charge in [-0.25, -0.2) is 4.98 Å². The summed E-state index contributed by atoms with van der Waals surface area (Å²) in [5, 5.41) is 2.06. The standard InChI is InChI=1S/C16H20N4S/c1-2-6-19(10-13-4-3-5-14(17)9-13)11-15-12-20-7-8-21-16(20)18-15/h3-5,7-9,12H,2,6,10-11,17H2,1H3. The number of benzene rings is 1. The Hall–Kier alpha value is -1.85. The highest BCUT2D eigenvalue weighted by molar-refractivity contribution is 7.15. The van der Waals surface area contributed by atoms with Crippen molar-refractivity contribution in [3.8, 4) is 0 Å². The first-order valence-corrected chi connectivity index (χ1v) is 8.10. The molecule has 2 N–H and O–H groups in total. The Bertz CT molecular complexity index is 687. The number of hydrogen-bond acceptors (Lipinski definition) is 4. The quantitative estimate of drug-likeness (QED) is 0.710. The van der Waals surface area contributed by atoms with Gasteiger partial charge >= 0.3 is 0 Å². The molecule has 3 rings (SSSR count). The molecule has 0 spiro atoms. The zero-order valence-electron chi connectivity index (χ0n) is 12.2. The molecule has 0 aliphatic rings. The molecule has 0 aliphatic carbocycles. The molecule has 0 saturated heterocycles. The van der Waals surface area contributed by atoms with Crippen molar-refractivity contribution in [3.63, 3.8) is 0 Å². The van der Waals surface area contributed by atoms with Gasteiger partial charge < -0.3 is 5.73 Å². The van der Waals surface area contributed by atoms with Gasteiger partial charge in [0.15, 0.2) is 4.96 Å². The molecule has 4 nitrogen and oxygen atoms in total. The number of fused-ring (bicyclic) bond motifs is 1. The van der Waals surface area contributed by atoms with Gasteiger partial charge in [0.1, 0.15) is 0 Å². The molecule has 21 heavy (non-hydrogen) atoms. The third-order valence-electron chi connectivity index (χ3n) is 3.43. The van der Waals surface area contributed by atoms with Crippen molar-refractivity contribution < 1.29 is 0 Å². The second-order valence-electron chi connectivity index (χ2n) is 5.28. The van der Waals surface area contributed by atoms with E-state index in [0.29, 0.717) is 0 Å². The summed E-state index contributed by atoms with van der Waals surface area (Å²) in [6, 6.07) is 8.12. The Morgan fingerprint density at radius 2 is 2.24 bits per heavy atom. The number of nitrogen functional groups attached to an aromatic ring is 1. The Kier molecular flexibility index (Phi) is 4.22. The number of imidazole rings is 1. The first kappa shape index (κ1) is 14.1. The van der Waals surface area contributed by atoms with Crippen LogP contribution in [-0.2, 0) is 13.1 Å². The van der Waals surface area contributed by atoms with E-state index in [0.717, 1.165) is 42.4 Å². The Morgan fingerprint density at radius 3 is 3.00 bits per heavy atom. The maximum atomic E-state index is 5.87. The van der Waals surface area contributed by atoms with Crippen LogP contribution in [0, 0.1) is 0 Å². The predicted octanol–water partition coefficient (Wildman–Crippen LogP) is 3.39. The fraction of sp³-hybridized carbons (Fsp3) is 0.312. The Balaban J connectivity index is 1.73. The van der Waals surface area contributed by atoms with Gasteiger partial charge in [-0.05, 0) is 30.7 Å². The molecule has 0 unspecified atom stereocenters. The summed E-state index contributed by atoms with van der Waals surface area (Å²) >= 11 is 1.67. The number of rotatable bonds is 6. The molecule has 110 valence electrons. The second-order valence-corrected chi connectivity index (χ2v) is 6.15.